The average Bonchev–Trinajstić information content (AvgIpc) is 2.60. The number of nitro benzene ring substituents is 1. The average molecular weight is 365 g/mol. The van der Waals surface area contributed by atoms with E-state index in [-0.39, 0.29) is 24.1 Å². The van der Waals surface area contributed by atoms with Crippen molar-refractivity contribution in [1.29, 1.82) is 0 Å². The van der Waals surface area contributed by atoms with E-state index in [4.69, 9.17) is 21.1 Å². The SMILES string of the molecule is COc1ccc(OCC(=O)N[C@H](C)c2ccccc2Cl)c([N+](=O)[O-])c1. The Labute approximate surface area is 149 Å². The van der Waals surface area contributed by atoms with Gasteiger partial charge in [0.15, 0.2) is 12.4 Å². The van der Waals surface area contributed by atoms with E-state index in [0.29, 0.717) is 10.8 Å². The molecular formula is C17H17ClN2O5. The van der Waals surface area contributed by atoms with Crippen LogP contribution in [0.3, 0.4) is 0 Å². The molecule has 2 aromatic carbocycles. The standard InChI is InChI=1S/C17H17ClN2O5/c1-11(13-5-3-4-6-14(13)18)19-17(21)10-25-16-8-7-12(24-2)9-15(16)20(22)23/h3-9,11H,10H2,1-2H3,(H,19,21)/t11-/m1/s1. The van der Waals surface area contributed by atoms with Crippen molar-refractivity contribution < 1.29 is 19.2 Å². The number of benzene rings is 2. The summed E-state index contributed by atoms with van der Waals surface area (Å²) in [5.74, 6) is -0.0975. The fourth-order valence-corrected chi connectivity index (χ4v) is 2.52. The largest absolute Gasteiger partial charge is 0.496 e. The lowest BCUT2D eigenvalue weighted by Crippen LogP contribution is -2.31. The summed E-state index contributed by atoms with van der Waals surface area (Å²) < 4.78 is 10.2. The zero-order chi connectivity index (χ0) is 18.4. The number of hydrogen-bond donors (Lipinski definition) is 1. The van der Waals surface area contributed by atoms with Crippen molar-refractivity contribution >= 4 is 23.2 Å². The fraction of sp³-hybridized carbons (Fsp3) is 0.235. The second kappa shape index (κ2) is 8.34. The molecule has 7 nitrogen and oxygen atoms in total. The van der Waals surface area contributed by atoms with Crippen LogP contribution in [0.15, 0.2) is 42.5 Å². The number of amides is 1. The first-order valence-electron chi connectivity index (χ1n) is 7.41. The summed E-state index contributed by atoms with van der Waals surface area (Å²) in [6, 6.07) is 11.0. The quantitative estimate of drug-likeness (QED) is 0.599. The molecule has 2 aromatic rings. The molecule has 0 fully saturated rings. The van der Waals surface area contributed by atoms with E-state index in [1.54, 1.807) is 19.1 Å². The van der Waals surface area contributed by atoms with Crippen LogP contribution in [0.25, 0.3) is 0 Å². The molecule has 1 N–H and O–H groups in total. The fourth-order valence-electron chi connectivity index (χ4n) is 2.22. The Kier molecular flexibility index (Phi) is 6.19. The Morgan fingerprint density at radius 1 is 1.32 bits per heavy atom. The molecule has 0 aliphatic carbocycles. The van der Waals surface area contributed by atoms with Gasteiger partial charge in [-0.25, -0.2) is 0 Å². The molecule has 0 saturated heterocycles. The van der Waals surface area contributed by atoms with E-state index in [1.807, 2.05) is 12.1 Å². The van der Waals surface area contributed by atoms with Gasteiger partial charge in [-0.05, 0) is 30.7 Å². The van der Waals surface area contributed by atoms with Crippen molar-refractivity contribution in [2.24, 2.45) is 0 Å². The molecule has 0 spiro atoms. The number of nitrogens with zero attached hydrogens (tertiary/aromatic N) is 1. The van der Waals surface area contributed by atoms with Gasteiger partial charge in [0.25, 0.3) is 5.91 Å². The number of rotatable bonds is 7. The molecule has 132 valence electrons. The number of ether oxygens (including phenoxy) is 2. The molecule has 0 unspecified atom stereocenters. The Hall–Kier alpha value is -2.80. The normalized spacial score (nSPS) is 11.5. The lowest BCUT2D eigenvalue weighted by molar-refractivity contribution is -0.385. The molecule has 0 heterocycles. The van der Waals surface area contributed by atoms with E-state index in [9.17, 15) is 14.9 Å². The molecule has 0 aliphatic heterocycles. The number of carbonyl (C=O) groups excluding carboxylic acids is 1. The van der Waals surface area contributed by atoms with Gasteiger partial charge in [0.1, 0.15) is 5.75 Å². The summed E-state index contributed by atoms with van der Waals surface area (Å²) in [4.78, 5) is 22.5. The monoisotopic (exact) mass is 364 g/mol. The van der Waals surface area contributed by atoms with Crippen LogP contribution in [-0.4, -0.2) is 24.5 Å². The van der Waals surface area contributed by atoms with Crippen molar-refractivity contribution in [2.75, 3.05) is 13.7 Å². The molecule has 1 amide bonds. The highest BCUT2D eigenvalue weighted by Crippen LogP contribution is 2.31. The van der Waals surface area contributed by atoms with Crippen molar-refractivity contribution in [1.82, 2.24) is 5.32 Å². The smallest absolute Gasteiger partial charge is 0.314 e. The number of nitro groups is 1. The summed E-state index contributed by atoms with van der Waals surface area (Å²) in [6.45, 7) is 1.43. The molecule has 0 radical (unpaired) electrons. The van der Waals surface area contributed by atoms with Crippen LogP contribution in [0.4, 0.5) is 5.69 Å². The Balaban J connectivity index is 2.00. The summed E-state index contributed by atoms with van der Waals surface area (Å²) in [6.07, 6.45) is 0. The molecule has 0 aliphatic rings. The van der Waals surface area contributed by atoms with Crippen LogP contribution in [0.2, 0.25) is 5.02 Å². The van der Waals surface area contributed by atoms with Crippen LogP contribution in [0.1, 0.15) is 18.5 Å². The van der Waals surface area contributed by atoms with Gasteiger partial charge in [0.2, 0.25) is 0 Å². The van der Waals surface area contributed by atoms with Crippen LogP contribution >= 0.6 is 11.6 Å². The molecular weight excluding hydrogens is 348 g/mol. The highest BCUT2D eigenvalue weighted by atomic mass is 35.5. The highest BCUT2D eigenvalue weighted by molar-refractivity contribution is 6.31. The van der Waals surface area contributed by atoms with Crippen LogP contribution in [-0.2, 0) is 4.79 Å². The lowest BCUT2D eigenvalue weighted by atomic mass is 10.1. The summed E-state index contributed by atoms with van der Waals surface area (Å²) in [5.41, 5.74) is 0.499. The number of nitrogens with one attached hydrogen (secondary N) is 1. The third-order valence-corrected chi connectivity index (χ3v) is 3.81. The number of hydrogen-bond acceptors (Lipinski definition) is 5. The van der Waals surface area contributed by atoms with E-state index in [0.717, 1.165) is 5.56 Å². The van der Waals surface area contributed by atoms with Gasteiger partial charge >= 0.3 is 5.69 Å². The molecule has 0 saturated carbocycles. The first-order chi connectivity index (χ1) is 11.9. The van der Waals surface area contributed by atoms with Crippen molar-refractivity contribution in [3.63, 3.8) is 0 Å². The molecule has 8 heteroatoms. The van der Waals surface area contributed by atoms with Gasteiger partial charge in [0.05, 0.1) is 24.1 Å². The number of halogens is 1. The topological polar surface area (TPSA) is 90.7 Å². The van der Waals surface area contributed by atoms with Crippen molar-refractivity contribution in [3.05, 3.63) is 63.2 Å². The van der Waals surface area contributed by atoms with E-state index in [2.05, 4.69) is 5.32 Å². The van der Waals surface area contributed by atoms with Crippen LogP contribution in [0, 0.1) is 10.1 Å². The second-order valence-electron chi connectivity index (χ2n) is 5.19. The zero-order valence-corrected chi connectivity index (χ0v) is 14.4. The zero-order valence-electron chi connectivity index (χ0n) is 13.7. The van der Waals surface area contributed by atoms with Gasteiger partial charge in [0, 0.05) is 5.02 Å². The van der Waals surface area contributed by atoms with E-state index >= 15 is 0 Å². The van der Waals surface area contributed by atoms with Crippen molar-refractivity contribution in [2.45, 2.75) is 13.0 Å². The third kappa shape index (κ3) is 4.84. The lowest BCUT2D eigenvalue weighted by Gasteiger charge is -2.16. The van der Waals surface area contributed by atoms with Crippen molar-refractivity contribution in [3.8, 4) is 11.5 Å². The maximum Gasteiger partial charge on any atom is 0.314 e. The highest BCUT2D eigenvalue weighted by Gasteiger charge is 2.18. The van der Waals surface area contributed by atoms with Gasteiger partial charge in [-0.3, -0.25) is 14.9 Å². The minimum Gasteiger partial charge on any atom is -0.496 e. The second-order valence-corrected chi connectivity index (χ2v) is 5.60. The molecule has 2 rings (SSSR count). The first-order valence-corrected chi connectivity index (χ1v) is 7.79. The van der Waals surface area contributed by atoms with Crippen LogP contribution in [0.5, 0.6) is 11.5 Å². The minimum atomic E-state index is -0.595. The summed E-state index contributed by atoms with van der Waals surface area (Å²) >= 11 is 6.09. The maximum atomic E-state index is 12.0. The first kappa shape index (κ1) is 18.5. The van der Waals surface area contributed by atoms with Gasteiger partial charge in [-0.1, -0.05) is 29.8 Å². The summed E-state index contributed by atoms with van der Waals surface area (Å²) in [5, 5.41) is 14.4. The predicted octanol–water partition coefficient (Wildman–Crippen LogP) is 3.51. The molecule has 0 aromatic heterocycles. The molecule has 25 heavy (non-hydrogen) atoms. The van der Waals surface area contributed by atoms with E-state index < -0.39 is 10.8 Å². The summed E-state index contributed by atoms with van der Waals surface area (Å²) in [7, 11) is 1.41. The molecule has 1 atom stereocenters. The minimum absolute atomic E-state index is 0.00801. The van der Waals surface area contributed by atoms with Gasteiger partial charge in [-0.15, -0.1) is 0 Å². The molecule has 0 bridgehead atoms. The maximum absolute atomic E-state index is 12.0. The predicted molar refractivity (Wildman–Crippen MR) is 93.2 cm³/mol. The number of carbonyl (C=O) groups is 1. The number of methoxy groups -OCH3 is 1. The van der Waals surface area contributed by atoms with Crippen LogP contribution < -0.4 is 14.8 Å². The third-order valence-electron chi connectivity index (χ3n) is 3.47. The Morgan fingerprint density at radius 3 is 2.68 bits per heavy atom. The van der Waals surface area contributed by atoms with Gasteiger partial charge in [-0.2, -0.15) is 0 Å². The van der Waals surface area contributed by atoms with E-state index in [1.165, 1.54) is 25.3 Å². The van der Waals surface area contributed by atoms with Gasteiger partial charge < -0.3 is 14.8 Å². The Morgan fingerprint density at radius 2 is 2.04 bits per heavy atom. The Bertz CT molecular complexity index is 781.